The molecule has 0 fully saturated rings. The van der Waals surface area contributed by atoms with Gasteiger partial charge in [0.05, 0.1) is 5.92 Å². The second-order valence-electron chi connectivity index (χ2n) is 2.59. The fourth-order valence-corrected chi connectivity index (χ4v) is 0.953. The summed E-state index contributed by atoms with van der Waals surface area (Å²) in [5, 5.41) is 8.60. The first-order valence-corrected chi connectivity index (χ1v) is 3.95. The van der Waals surface area contributed by atoms with Crippen LogP contribution in [0.25, 0.3) is 0 Å². The number of carboxylic acids is 1. The Labute approximate surface area is 82.6 Å². The maximum Gasteiger partial charge on any atom is 0.306 e. The Morgan fingerprint density at radius 2 is 2.00 bits per heavy atom. The summed E-state index contributed by atoms with van der Waals surface area (Å²) in [6.45, 7) is 4.00. The van der Waals surface area contributed by atoms with Crippen LogP contribution in [0.4, 0.5) is 0 Å². The Balaban J connectivity index is 0. The van der Waals surface area contributed by atoms with Crippen LogP contribution >= 0.6 is 0 Å². The number of unbranched alkanes of at least 4 members (excludes halogenated alkanes) is 1. The monoisotopic (exact) mass is 328 g/mol. The first-order valence-electron chi connectivity index (χ1n) is 3.95. The number of rotatable bonds is 5. The number of carboxylic acid groups (broad SMARTS) is 1. The van der Waals surface area contributed by atoms with Crippen molar-refractivity contribution < 1.29 is 31.0 Å². The van der Waals surface area contributed by atoms with Gasteiger partial charge in [0.1, 0.15) is 0 Å². The van der Waals surface area contributed by atoms with Crippen molar-refractivity contribution in [2.75, 3.05) is 0 Å². The zero-order valence-corrected chi connectivity index (χ0v) is 10.1. The van der Waals surface area contributed by atoms with Crippen LogP contribution in [-0.4, -0.2) is 11.1 Å². The molecule has 0 aromatic carbocycles. The maximum absolute atomic E-state index is 10.4. The summed E-state index contributed by atoms with van der Waals surface area (Å²) in [6.07, 6.45) is 3.71. The van der Waals surface area contributed by atoms with Gasteiger partial charge in [0.15, 0.2) is 0 Å². The second-order valence-corrected chi connectivity index (χ2v) is 2.59. The van der Waals surface area contributed by atoms with E-state index in [2.05, 4.69) is 6.92 Å². The molecule has 2 nitrogen and oxygen atoms in total. The Hall–Kier alpha value is 0.158. The average Bonchev–Trinajstić information content (AvgIpc) is 1.89. The zero-order valence-electron chi connectivity index (χ0n) is 7.17. The normalized spacial score (nSPS) is 11.8. The summed E-state index contributed by atoms with van der Waals surface area (Å²) < 4.78 is 0. The molecule has 0 heterocycles. The summed E-state index contributed by atoms with van der Waals surface area (Å²) in [7, 11) is 0. The van der Waals surface area contributed by atoms with Crippen molar-refractivity contribution in [1.82, 2.24) is 0 Å². The SMILES string of the molecule is CCCCC(CC)C(=O)O.[W]. The Bertz CT molecular complexity index is 104. The number of carbonyl (C=O) groups is 1. The average molecular weight is 328 g/mol. The van der Waals surface area contributed by atoms with E-state index in [1.807, 2.05) is 6.92 Å². The molecule has 0 amide bonds. The largest absolute Gasteiger partial charge is 0.481 e. The quantitative estimate of drug-likeness (QED) is 0.841. The molecule has 0 aliphatic rings. The van der Waals surface area contributed by atoms with E-state index in [0.29, 0.717) is 0 Å². The molecule has 0 aromatic heterocycles. The standard InChI is InChI=1S/C8H16O2.W/c1-3-5-6-7(4-2)8(9)10;/h7H,3-6H2,1-2H3,(H,9,10);. The summed E-state index contributed by atoms with van der Waals surface area (Å²) in [4.78, 5) is 10.4. The van der Waals surface area contributed by atoms with E-state index in [1.54, 1.807) is 0 Å². The zero-order chi connectivity index (χ0) is 7.98. The van der Waals surface area contributed by atoms with E-state index in [4.69, 9.17) is 5.11 Å². The molecule has 1 unspecified atom stereocenters. The fourth-order valence-electron chi connectivity index (χ4n) is 0.953. The predicted molar refractivity (Wildman–Crippen MR) is 40.9 cm³/mol. The molecule has 0 bridgehead atoms. The number of hydrogen-bond acceptors (Lipinski definition) is 1. The van der Waals surface area contributed by atoms with Crippen molar-refractivity contribution in [3.8, 4) is 0 Å². The summed E-state index contributed by atoms with van der Waals surface area (Å²) in [5.41, 5.74) is 0. The van der Waals surface area contributed by atoms with Gasteiger partial charge in [-0.25, -0.2) is 0 Å². The fraction of sp³-hybridized carbons (Fsp3) is 0.875. The molecule has 0 rings (SSSR count). The molecule has 0 radical (unpaired) electrons. The molecule has 11 heavy (non-hydrogen) atoms. The van der Waals surface area contributed by atoms with Crippen molar-refractivity contribution in [2.45, 2.75) is 39.5 Å². The Kier molecular flexibility index (Phi) is 10.3. The van der Waals surface area contributed by atoms with Gasteiger partial charge < -0.3 is 5.11 Å². The van der Waals surface area contributed by atoms with E-state index < -0.39 is 5.97 Å². The van der Waals surface area contributed by atoms with Gasteiger partial charge in [-0.3, -0.25) is 4.79 Å². The third-order valence-electron chi connectivity index (χ3n) is 1.75. The van der Waals surface area contributed by atoms with Crippen LogP contribution in [0.1, 0.15) is 39.5 Å². The second kappa shape index (κ2) is 8.26. The van der Waals surface area contributed by atoms with E-state index in [1.165, 1.54) is 0 Å². The van der Waals surface area contributed by atoms with Gasteiger partial charge in [-0.05, 0) is 12.8 Å². The molecule has 0 aliphatic heterocycles. The van der Waals surface area contributed by atoms with Gasteiger partial charge in [0.25, 0.3) is 0 Å². The summed E-state index contributed by atoms with van der Waals surface area (Å²) >= 11 is 0. The van der Waals surface area contributed by atoms with Gasteiger partial charge in [-0.15, -0.1) is 0 Å². The third kappa shape index (κ3) is 6.55. The minimum atomic E-state index is -0.643. The molecule has 0 saturated heterocycles. The first-order chi connectivity index (χ1) is 4.72. The van der Waals surface area contributed by atoms with Crippen LogP contribution in [0.3, 0.4) is 0 Å². The topological polar surface area (TPSA) is 37.3 Å². The molecule has 3 heteroatoms. The van der Waals surface area contributed by atoms with Crippen molar-refractivity contribution in [3.05, 3.63) is 0 Å². The minimum Gasteiger partial charge on any atom is -0.481 e. The van der Waals surface area contributed by atoms with Crippen LogP contribution in [-0.2, 0) is 25.9 Å². The van der Waals surface area contributed by atoms with Crippen molar-refractivity contribution in [2.24, 2.45) is 5.92 Å². The van der Waals surface area contributed by atoms with Gasteiger partial charge in [-0.1, -0.05) is 26.7 Å². The molecule has 0 aromatic rings. The van der Waals surface area contributed by atoms with Gasteiger partial charge in [0, 0.05) is 21.1 Å². The van der Waals surface area contributed by atoms with E-state index >= 15 is 0 Å². The van der Waals surface area contributed by atoms with E-state index in [-0.39, 0.29) is 27.0 Å². The minimum absolute atomic E-state index is 0. The molecule has 1 N–H and O–H groups in total. The Morgan fingerprint density at radius 1 is 1.45 bits per heavy atom. The van der Waals surface area contributed by atoms with Crippen molar-refractivity contribution in [1.29, 1.82) is 0 Å². The Morgan fingerprint density at radius 3 is 2.27 bits per heavy atom. The molecular weight excluding hydrogens is 312 g/mol. The van der Waals surface area contributed by atoms with Crippen molar-refractivity contribution in [3.63, 3.8) is 0 Å². The van der Waals surface area contributed by atoms with Gasteiger partial charge in [0.2, 0.25) is 0 Å². The molecule has 66 valence electrons. The van der Waals surface area contributed by atoms with Crippen LogP contribution in [0.15, 0.2) is 0 Å². The van der Waals surface area contributed by atoms with Gasteiger partial charge >= 0.3 is 5.97 Å². The van der Waals surface area contributed by atoms with Crippen LogP contribution in [0.5, 0.6) is 0 Å². The first kappa shape index (κ1) is 13.7. The molecule has 0 saturated carbocycles. The molecule has 0 spiro atoms. The van der Waals surface area contributed by atoms with Crippen LogP contribution in [0, 0.1) is 5.92 Å². The van der Waals surface area contributed by atoms with Crippen LogP contribution < -0.4 is 0 Å². The smallest absolute Gasteiger partial charge is 0.306 e. The summed E-state index contributed by atoms with van der Waals surface area (Å²) in [5.74, 6) is -0.754. The van der Waals surface area contributed by atoms with E-state index in [0.717, 1.165) is 25.7 Å². The number of aliphatic carboxylic acids is 1. The third-order valence-corrected chi connectivity index (χ3v) is 1.75. The molecular formula is C8H16O2W. The molecule has 0 aliphatic carbocycles. The maximum atomic E-state index is 10.4. The van der Waals surface area contributed by atoms with Crippen LogP contribution in [0.2, 0.25) is 0 Å². The molecule has 1 atom stereocenters. The van der Waals surface area contributed by atoms with E-state index in [9.17, 15) is 4.79 Å². The summed E-state index contributed by atoms with van der Waals surface area (Å²) in [6, 6.07) is 0. The number of hydrogen-bond donors (Lipinski definition) is 1. The van der Waals surface area contributed by atoms with Gasteiger partial charge in [-0.2, -0.15) is 0 Å². The van der Waals surface area contributed by atoms with Crippen molar-refractivity contribution >= 4 is 5.97 Å². The predicted octanol–water partition coefficient (Wildman–Crippen LogP) is 2.28.